The number of halogens is 2. The zero-order chi connectivity index (χ0) is 20.7. The highest BCUT2D eigenvalue weighted by atomic mass is 35.5. The molecule has 0 aliphatic carbocycles. The number of anilines is 1. The number of fused-ring (bicyclic) bond motifs is 1. The number of hydrogen-bond acceptors (Lipinski definition) is 7. The molecule has 0 amide bonds. The predicted octanol–water partition coefficient (Wildman–Crippen LogP) is 2.01. The molecule has 0 spiro atoms. The Morgan fingerprint density at radius 1 is 1.31 bits per heavy atom. The summed E-state index contributed by atoms with van der Waals surface area (Å²) in [5.41, 5.74) is 1.38. The van der Waals surface area contributed by atoms with Gasteiger partial charge in [-0.2, -0.15) is 5.10 Å². The lowest BCUT2D eigenvalue weighted by molar-refractivity contribution is -0.0566. The Balaban J connectivity index is 1.70. The van der Waals surface area contributed by atoms with Gasteiger partial charge in [0.15, 0.2) is 11.9 Å². The molecular formula is C19H20ClFN4O4. The SMILES string of the molecule is C[C@H](Nc1cc(Cl)nc2c1cnn2C1O[C@H](CO)[C@@H](O)[C@H]1O)c1ccccc1F. The maximum atomic E-state index is 14.1. The first-order chi connectivity index (χ1) is 13.9. The smallest absolute Gasteiger partial charge is 0.181 e. The minimum Gasteiger partial charge on any atom is -0.394 e. The number of benzene rings is 1. The van der Waals surface area contributed by atoms with Crippen molar-refractivity contribution in [2.75, 3.05) is 11.9 Å². The van der Waals surface area contributed by atoms with Gasteiger partial charge >= 0.3 is 0 Å². The van der Waals surface area contributed by atoms with Crippen LogP contribution in [0.2, 0.25) is 5.15 Å². The molecule has 154 valence electrons. The number of ether oxygens (including phenoxy) is 1. The van der Waals surface area contributed by atoms with E-state index in [1.165, 1.54) is 16.9 Å². The number of aliphatic hydroxyl groups excluding tert-OH is 3. The molecule has 29 heavy (non-hydrogen) atoms. The molecule has 1 aliphatic rings. The van der Waals surface area contributed by atoms with Gasteiger partial charge in [0.25, 0.3) is 0 Å². The average molecular weight is 423 g/mol. The Morgan fingerprint density at radius 2 is 2.07 bits per heavy atom. The Hall–Kier alpha value is -2.30. The molecule has 2 aromatic heterocycles. The molecule has 0 saturated carbocycles. The van der Waals surface area contributed by atoms with Crippen molar-refractivity contribution in [2.24, 2.45) is 0 Å². The summed E-state index contributed by atoms with van der Waals surface area (Å²) < 4.78 is 21.0. The Labute approximate surface area is 170 Å². The summed E-state index contributed by atoms with van der Waals surface area (Å²) in [5.74, 6) is -0.328. The molecule has 0 bridgehead atoms. The van der Waals surface area contributed by atoms with Crippen molar-refractivity contribution in [3.63, 3.8) is 0 Å². The van der Waals surface area contributed by atoms with Gasteiger partial charge < -0.3 is 25.4 Å². The van der Waals surface area contributed by atoms with Crippen LogP contribution in [0.5, 0.6) is 0 Å². The van der Waals surface area contributed by atoms with E-state index in [2.05, 4.69) is 15.4 Å². The van der Waals surface area contributed by atoms with E-state index >= 15 is 0 Å². The monoisotopic (exact) mass is 422 g/mol. The fourth-order valence-corrected chi connectivity index (χ4v) is 3.70. The lowest BCUT2D eigenvalue weighted by Crippen LogP contribution is -2.33. The second-order valence-corrected chi connectivity index (χ2v) is 7.32. The second-order valence-electron chi connectivity index (χ2n) is 6.94. The fraction of sp³-hybridized carbons (Fsp3) is 0.368. The van der Waals surface area contributed by atoms with E-state index in [1.54, 1.807) is 24.3 Å². The van der Waals surface area contributed by atoms with Gasteiger partial charge in [0, 0.05) is 5.56 Å². The van der Waals surface area contributed by atoms with E-state index in [9.17, 15) is 19.7 Å². The largest absolute Gasteiger partial charge is 0.394 e. The van der Waals surface area contributed by atoms with Crippen LogP contribution in [0, 0.1) is 5.82 Å². The maximum Gasteiger partial charge on any atom is 0.181 e. The summed E-state index contributed by atoms with van der Waals surface area (Å²) in [6.07, 6.45) is -3.02. The van der Waals surface area contributed by atoms with Crippen LogP contribution in [0.25, 0.3) is 11.0 Å². The van der Waals surface area contributed by atoms with Crippen molar-refractivity contribution in [1.29, 1.82) is 0 Å². The fourth-order valence-electron chi connectivity index (χ4n) is 3.51. The van der Waals surface area contributed by atoms with Gasteiger partial charge in [0.05, 0.1) is 29.9 Å². The molecule has 4 N–H and O–H groups in total. The highest BCUT2D eigenvalue weighted by Crippen LogP contribution is 2.34. The molecule has 4 rings (SSSR count). The first-order valence-electron chi connectivity index (χ1n) is 9.08. The zero-order valence-electron chi connectivity index (χ0n) is 15.4. The first-order valence-corrected chi connectivity index (χ1v) is 9.45. The molecule has 10 heteroatoms. The zero-order valence-corrected chi connectivity index (χ0v) is 16.2. The van der Waals surface area contributed by atoms with Crippen LogP contribution >= 0.6 is 11.6 Å². The molecule has 1 saturated heterocycles. The molecule has 1 aliphatic heterocycles. The van der Waals surface area contributed by atoms with Crippen molar-refractivity contribution >= 4 is 28.3 Å². The van der Waals surface area contributed by atoms with Crippen LogP contribution in [-0.4, -0.2) is 55.0 Å². The van der Waals surface area contributed by atoms with Crippen LogP contribution in [0.4, 0.5) is 10.1 Å². The third-order valence-corrected chi connectivity index (χ3v) is 5.23. The van der Waals surface area contributed by atoms with Crippen LogP contribution in [0.15, 0.2) is 36.5 Å². The van der Waals surface area contributed by atoms with Crippen LogP contribution in [0.1, 0.15) is 24.8 Å². The van der Waals surface area contributed by atoms with E-state index in [0.29, 0.717) is 22.3 Å². The molecule has 0 radical (unpaired) electrons. The molecule has 3 heterocycles. The summed E-state index contributed by atoms with van der Waals surface area (Å²) in [6.45, 7) is 1.37. The first kappa shape index (κ1) is 20.0. The van der Waals surface area contributed by atoms with E-state index in [0.717, 1.165) is 0 Å². The lowest BCUT2D eigenvalue weighted by Gasteiger charge is -2.18. The Kier molecular flexibility index (Phi) is 5.41. The number of rotatable bonds is 5. The number of pyridine rings is 1. The predicted molar refractivity (Wildman–Crippen MR) is 104 cm³/mol. The number of aromatic nitrogens is 3. The quantitative estimate of drug-likeness (QED) is 0.465. The molecule has 1 aromatic carbocycles. The van der Waals surface area contributed by atoms with Crippen LogP contribution < -0.4 is 5.32 Å². The van der Waals surface area contributed by atoms with Gasteiger partial charge in [-0.3, -0.25) is 0 Å². The third-order valence-electron chi connectivity index (χ3n) is 5.04. The minimum absolute atomic E-state index is 0.161. The van der Waals surface area contributed by atoms with E-state index in [1.807, 2.05) is 6.92 Å². The van der Waals surface area contributed by atoms with E-state index in [-0.39, 0.29) is 17.0 Å². The lowest BCUT2D eigenvalue weighted by atomic mass is 10.1. The summed E-state index contributed by atoms with van der Waals surface area (Å²) >= 11 is 6.18. The van der Waals surface area contributed by atoms with Crippen molar-refractivity contribution in [3.8, 4) is 0 Å². The normalized spacial score (nSPS) is 25.4. The van der Waals surface area contributed by atoms with Crippen molar-refractivity contribution in [3.05, 3.63) is 53.1 Å². The minimum atomic E-state index is -1.30. The van der Waals surface area contributed by atoms with Gasteiger partial charge in [0.1, 0.15) is 29.3 Å². The number of aliphatic hydroxyl groups is 3. The highest BCUT2D eigenvalue weighted by molar-refractivity contribution is 6.30. The van der Waals surface area contributed by atoms with E-state index < -0.39 is 31.1 Å². The number of nitrogens with one attached hydrogen (secondary N) is 1. The molecule has 1 unspecified atom stereocenters. The Morgan fingerprint density at radius 3 is 2.76 bits per heavy atom. The van der Waals surface area contributed by atoms with Crippen molar-refractivity contribution < 1.29 is 24.4 Å². The number of nitrogens with zero attached hydrogens (tertiary/aromatic N) is 3. The standard InChI is InChI=1S/C19H20ClFN4O4/c1-9(10-4-2-3-5-12(10)21)23-13-6-15(20)24-18-11(13)7-22-25(18)19-17(28)16(27)14(8-26)29-19/h2-7,9,14,16-17,19,26-28H,8H2,1H3,(H,23,24)/t9-,14+,16+,17+,19?/m0/s1. The highest BCUT2D eigenvalue weighted by Gasteiger charge is 2.44. The summed E-state index contributed by atoms with van der Waals surface area (Å²) in [5, 5.41) is 37.8. The van der Waals surface area contributed by atoms with Crippen LogP contribution in [0.3, 0.4) is 0 Å². The van der Waals surface area contributed by atoms with Crippen LogP contribution in [-0.2, 0) is 4.74 Å². The third kappa shape index (κ3) is 3.56. The van der Waals surface area contributed by atoms with Gasteiger partial charge in [0.2, 0.25) is 0 Å². The van der Waals surface area contributed by atoms with Gasteiger partial charge in [-0.25, -0.2) is 14.1 Å². The summed E-state index contributed by atoms with van der Waals surface area (Å²) in [4.78, 5) is 4.27. The van der Waals surface area contributed by atoms with Crippen molar-refractivity contribution in [2.45, 2.75) is 37.5 Å². The summed E-state index contributed by atoms with van der Waals surface area (Å²) in [6, 6.07) is 7.70. The van der Waals surface area contributed by atoms with Gasteiger partial charge in [-0.05, 0) is 19.1 Å². The van der Waals surface area contributed by atoms with Crippen molar-refractivity contribution in [1.82, 2.24) is 14.8 Å². The Bertz CT molecular complexity index is 1030. The molecular weight excluding hydrogens is 403 g/mol. The molecule has 1 fully saturated rings. The maximum absolute atomic E-state index is 14.1. The topological polar surface area (TPSA) is 113 Å². The molecule has 5 atom stereocenters. The molecule has 8 nitrogen and oxygen atoms in total. The molecule has 3 aromatic rings. The average Bonchev–Trinajstić information content (AvgIpc) is 3.23. The summed E-state index contributed by atoms with van der Waals surface area (Å²) in [7, 11) is 0. The second kappa shape index (κ2) is 7.85. The van der Waals surface area contributed by atoms with Gasteiger partial charge in [-0.15, -0.1) is 0 Å². The van der Waals surface area contributed by atoms with Gasteiger partial charge in [-0.1, -0.05) is 29.8 Å². The van der Waals surface area contributed by atoms with E-state index in [4.69, 9.17) is 16.3 Å². The number of hydrogen-bond donors (Lipinski definition) is 4.